The van der Waals surface area contributed by atoms with Crippen molar-refractivity contribution in [2.45, 2.75) is 9.79 Å². The van der Waals surface area contributed by atoms with Crippen LogP contribution >= 0.6 is 0 Å². The van der Waals surface area contributed by atoms with Crippen LogP contribution in [-0.4, -0.2) is 68.5 Å². The lowest BCUT2D eigenvalue weighted by atomic mass is 10.1. The quantitative estimate of drug-likeness (QED) is 0.606. The average molecular weight is 375 g/mol. The number of rotatable bonds is 8. The maximum Gasteiger partial charge on any atom is 0.120 e. The molecule has 5 nitrogen and oxygen atoms in total. The molecule has 0 amide bonds. The van der Waals surface area contributed by atoms with Gasteiger partial charge in [0.2, 0.25) is 0 Å². The highest BCUT2D eigenvalue weighted by atomic mass is 32.2. The third-order valence-electron chi connectivity index (χ3n) is 4.21. The number of ether oxygens (including phenoxy) is 2. The Balaban J connectivity index is 1.81. The van der Waals surface area contributed by atoms with Gasteiger partial charge in [0.05, 0.1) is 20.6 Å². The minimum Gasteiger partial charge on any atom is -0.492 e. The van der Waals surface area contributed by atoms with Crippen LogP contribution in [0.25, 0.3) is 11.1 Å². The minimum atomic E-state index is -1.14. The largest absolute Gasteiger partial charge is 0.492 e. The minimum absolute atomic E-state index is 0.620. The summed E-state index contributed by atoms with van der Waals surface area (Å²) in [7, 11) is 6.93. The van der Waals surface area contributed by atoms with Gasteiger partial charge in [-0.25, -0.2) is 4.21 Å². The van der Waals surface area contributed by atoms with Crippen LogP contribution < -0.4 is 9.47 Å². The second-order valence-electron chi connectivity index (χ2n) is 6.89. The smallest absolute Gasteiger partial charge is 0.120 e. The molecule has 0 saturated carbocycles. The molecular weight excluding hydrogens is 348 g/mol. The maximum atomic E-state index is 12.7. The van der Waals surface area contributed by atoms with E-state index in [1.807, 2.05) is 64.6 Å². The van der Waals surface area contributed by atoms with Crippen LogP contribution in [0, 0.1) is 0 Å². The number of nitrogens with zero attached hydrogens (tertiary/aromatic N) is 2. The number of benzene rings is 2. The van der Waals surface area contributed by atoms with E-state index in [0.717, 1.165) is 45.5 Å². The summed E-state index contributed by atoms with van der Waals surface area (Å²) >= 11 is 0. The molecule has 0 spiro atoms. The highest BCUT2D eigenvalue weighted by Crippen LogP contribution is 2.43. The second kappa shape index (κ2) is 8.20. The molecule has 0 bridgehead atoms. The van der Waals surface area contributed by atoms with Crippen LogP contribution in [0.1, 0.15) is 0 Å². The molecule has 0 aromatic heterocycles. The van der Waals surface area contributed by atoms with Gasteiger partial charge in [-0.2, -0.15) is 0 Å². The Morgan fingerprint density at radius 1 is 0.769 bits per heavy atom. The van der Waals surface area contributed by atoms with Gasteiger partial charge in [0.1, 0.15) is 24.7 Å². The lowest BCUT2D eigenvalue weighted by Gasteiger charge is -2.12. The van der Waals surface area contributed by atoms with Gasteiger partial charge in [0.15, 0.2) is 0 Å². The van der Waals surface area contributed by atoms with Gasteiger partial charge in [-0.3, -0.25) is 0 Å². The molecule has 0 aliphatic carbocycles. The fourth-order valence-corrected chi connectivity index (χ4v) is 4.11. The lowest BCUT2D eigenvalue weighted by Crippen LogP contribution is -2.19. The van der Waals surface area contributed by atoms with E-state index < -0.39 is 10.8 Å². The third-order valence-corrected chi connectivity index (χ3v) is 5.72. The van der Waals surface area contributed by atoms with Crippen molar-refractivity contribution in [2.75, 3.05) is 54.5 Å². The van der Waals surface area contributed by atoms with Crippen molar-refractivity contribution in [3.05, 3.63) is 36.4 Å². The first-order chi connectivity index (χ1) is 12.5. The van der Waals surface area contributed by atoms with Crippen LogP contribution in [0.4, 0.5) is 0 Å². The van der Waals surface area contributed by atoms with Gasteiger partial charge >= 0.3 is 0 Å². The predicted molar refractivity (Wildman–Crippen MR) is 105 cm³/mol. The fourth-order valence-electron chi connectivity index (χ4n) is 2.75. The van der Waals surface area contributed by atoms with Crippen molar-refractivity contribution in [3.63, 3.8) is 0 Å². The molecule has 140 valence electrons. The molecule has 0 atom stereocenters. The summed E-state index contributed by atoms with van der Waals surface area (Å²) in [5.41, 5.74) is 1.94. The monoisotopic (exact) mass is 374 g/mol. The molecule has 0 N–H and O–H groups in total. The molecule has 1 aliphatic rings. The fraction of sp³-hybridized carbons (Fsp3) is 0.400. The third kappa shape index (κ3) is 4.26. The summed E-state index contributed by atoms with van der Waals surface area (Å²) in [6.07, 6.45) is 0. The van der Waals surface area contributed by atoms with Crippen LogP contribution in [0.3, 0.4) is 0 Å². The molecule has 0 unspecified atom stereocenters. The standard InChI is InChI=1S/C20H26N2O3S/c1-21(2)9-11-24-15-5-7-19-17(13-15)18-14-16(25-12-10-22(3)4)6-8-20(18)26(19)23/h5-8,13-14H,9-12H2,1-4H3. The molecule has 1 aliphatic heterocycles. The zero-order valence-electron chi connectivity index (χ0n) is 15.8. The van der Waals surface area contributed by atoms with Gasteiger partial charge in [-0.15, -0.1) is 0 Å². The van der Waals surface area contributed by atoms with Gasteiger partial charge < -0.3 is 19.3 Å². The van der Waals surface area contributed by atoms with Crippen molar-refractivity contribution in [1.82, 2.24) is 9.80 Å². The number of fused-ring (bicyclic) bond motifs is 3. The number of hydrogen-bond donors (Lipinski definition) is 0. The molecule has 1 heterocycles. The molecule has 0 radical (unpaired) electrons. The molecule has 0 fully saturated rings. The van der Waals surface area contributed by atoms with E-state index in [1.165, 1.54) is 0 Å². The Morgan fingerprint density at radius 2 is 1.19 bits per heavy atom. The van der Waals surface area contributed by atoms with E-state index in [9.17, 15) is 4.21 Å². The zero-order valence-corrected chi connectivity index (χ0v) is 16.6. The molecule has 6 heteroatoms. The summed E-state index contributed by atoms with van der Waals surface area (Å²) in [4.78, 5) is 5.83. The first-order valence-electron chi connectivity index (χ1n) is 8.71. The Bertz CT molecular complexity index is 740. The molecule has 26 heavy (non-hydrogen) atoms. The first-order valence-corrected chi connectivity index (χ1v) is 9.86. The van der Waals surface area contributed by atoms with E-state index >= 15 is 0 Å². The van der Waals surface area contributed by atoms with Crippen LogP contribution in [-0.2, 0) is 10.8 Å². The Kier molecular flexibility index (Phi) is 5.96. The molecule has 2 aromatic rings. The van der Waals surface area contributed by atoms with E-state index in [2.05, 4.69) is 9.80 Å². The highest BCUT2D eigenvalue weighted by molar-refractivity contribution is 7.85. The second-order valence-corrected chi connectivity index (χ2v) is 8.31. The molecule has 2 aromatic carbocycles. The molecule has 0 saturated heterocycles. The van der Waals surface area contributed by atoms with Crippen LogP contribution in [0.5, 0.6) is 11.5 Å². The summed E-state index contributed by atoms with van der Waals surface area (Å²) in [6, 6.07) is 11.6. The summed E-state index contributed by atoms with van der Waals surface area (Å²) in [5, 5.41) is 0. The van der Waals surface area contributed by atoms with Gasteiger partial charge in [-0.05, 0) is 64.6 Å². The summed E-state index contributed by atoms with van der Waals surface area (Å²) < 4.78 is 24.4. The normalized spacial score (nSPS) is 13.2. The van der Waals surface area contributed by atoms with Gasteiger partial charge in [0, 0.05) is 24.2 Å². The average Bonchev–Trinajstić information content (AvgIpc) is 2.86. The summed E-state index contributed by atoms with van der Waals surface area (Å²) in [6.45, 7) is 2.94. The topological polar surface area (TPSA) is 42.0 Å². The van der Waals surface area contributed by atoms with Crippen molar-refractivity contribution >= 4 is 10.8 Å². The van der Waals surface area contributed by atoms with E-state index in [4.69, 9.17) is 9.47 Å². The number of likely N-dealkylation sites (N-methyl/N-ethyl adjacent to an activating group) is 2. The number of hydrogen-bond acceptors (Lipinski definition) is 5. The Labute approximate surface area is 158 Å². The Hall–Kier alpha value is -1.89. The van der Waals surface area contributed by atoms with Crippen LogP contribution in [0.2, 0.25) is 0 Å². The van der Waals surface area contributed by atoms with Crippen molar-refractivity contribution in [1.29, 1.82) is 0 Å². The van der Waals surface area contributed by atoms with E-state index in [1.54, 1.807) is 0 Å². The maximum absolute atomic E-state index is 12.7. The lowest BCUT2D eigenvalue weighted by molar-refractivity contribution is 0.261. The molecule has 3 rings (SSSR count). The highest BCUT2D eigenvalue weighted by Gasteiger charge is 2.26. The van der Waals surface area contributed by atoms with Gasteiger partial charge in [0.25, 0.3) is 0 Å². The summed E-state index contributed by atoms with van der Waals surface area (Å²) in [5.74, 6) is 1.60. The molecular formula is C20H26N2O3S. The zero-order chi connectivity index (χ0) is 18.7. The Morgan fingerprint density at radius 3 is 1.58 bits per heavy atom. The van der Waals surface area contributed by atoms with Crippen LogP contribution in [0.15, 0.2) is 46.2 Å². The predicted octanol–water partition coefficient (Wildman–Crippen LogP) is 2.71. The van der Waals surface area contributed by atoms with Gasteiger partial charge in [-0.1, -0.05) is 0 Å². The van der Waals surface area contributed by atoms with E-state index in [-0.39, 0.29) is 0 Å². The van der Waals surface area contributed by atoms with Crippen molar-refractivity contribution in [2.24, 2.45) is 0 Å². The first kappa shape index (κ1) is 18.9. The van der Waals surface area contributed by atoms with Crippen molar-refractivity contribution < 1.29 is 13.7 Å². The van der Waals surface area contributed by atoms with E-state index in [0.29, 0.717) is 13.2 Å². The van der Waals surface area contributed by atoms with Crippen molar-refractivity contribution in [3.8, 4) is 22.6 Å². The SMILES string of the molecule is CN(C)CCOc1ccc2c(c1)-c1cc(OCCN(C)C)ccc1S2=O.